The number of rotatable bonds is 5. The van der Waals surface area contributed by atoms with E-state index in [-0.39, 0.29) is 23.3 Å². The lowest BCUT2D eigenvalue weighted by atomic mass is 10.1. The fourth-order valence-corrected chi connectivity index (χ4v) is 2.32. The summed E-state index contributed by atoms with van der Waals surface area (Å²) in [5, 5.41) is 10.1. The van der Waals surface area contributed by atoms with Crippen LogP contribution >= 0.6 is 0 Å². The fourth-order valence-electron chi connectivity index (χ4n) is 2.32. The average molecular weight is 299 g/mol. The van der Waals surface area contributed by atoms with E-state index in [9.17, 15) is 9.90 Å². The number of nitrogens with zero attached hydrogens (tertiary/aromatic N) is 1. The predicted octanol–water partition coefficient (Wildman–Crippen LogP) is 3.45. The molecular formula is C18H21NO3. The van der Waals surface area contributed by atoms with E-state index in [1.54, 1.807) is 17.0 Å². The maximum absolute atomic E-state index is 12.9. The largest absolute Gasteiger partial charge is 0.507 e. The molecule has 116 valence electrons. The van der Waals surface area contributed by atoms with Gasteiger partial charge in [0.25, 0.3) is 5.91 Å². The summed E-state index contributed by atoms with van der Waals surface area (Å²) in [7, 11) is 1.49. The summed E-state index contributed by atoms with van der Waals surface area (Å²) < 4.78 is 5.22. The third kappa shape index (κ3) is 3.39. The summed E-state index contributed by atoms with van der Waals surface area (Å²) in [5.41, 5.74) is 1.24. The second kappa shape index (κ2) is 6.98. The third-order valence-electron chi connectivity index (χ3n) is 3.52. The van der Waals surface area contributed by atoms with E-state index < -0.39 is 0 Å². The highest BCUT2D eigenvalue weighted by atomic mass is 16.5. The number of carbonyl (C=O) groups is 1. The van der Waals surface area contributed by atoms with E-state index in [1.165, 1.54) is 13.2 Å². The van der Waals surface area contributed by atoms with Crippen LogP contribution in [0.5, 0.6) is 11.5 Å². The number of ether oxygens (including phenoxy) is 1. The van der Waals surface area contributed by atoms with Gasteiger partial charge in [-0.15, -0.1) is 0 Å². The fraction of sp³-hybridized carbons (Fsp3) is 0.278. The van der Waals surface area contributed by atoms with Gasteiger partial charge in [0, 0.05) is 12.6 Å². The van der Waals surface area contributed by atoms with Crippen LogP contribution in [0.1, 0.15) is 29.8 Å². The molecule has 1 N–H and O–H groups in total. The molecule has 0 radical (unpaired) electrons. The summed E-state index contributed by atoms with van der Waals surface area (Å²) in [5.74, 6) is 0.0700. The van der Waals surface area contributed by atoms with Crippen LogP contribution in [0, 0.1) is 0 Å². The number of amides is 1. The molecule has 2 aromatic carbocycles. The van der Waals surface area contributed by atoms with E-state index in [0.717, 1.165) is 5.56 Å². The van der Waals surface area contributed by atoms with Crippen molar-refractivity contribution in [1.29, 1.82) is 0 Å². The Morgan fingerprint density at radius 2 is 1.82 bits per heavy atom. The van der Waals surface area contributed by atoms with Gasteiger partial charge in [-0.2, -0.15) is 0 Å². The summed E-state index contributed by atoms with van der Waals surface area (Å²) in [6.07, 6.45) is 0. The first-order chi connectivity index (χ1) is 10.5. The van der Waals surface area contributed by atoms with Gasteiger partial charge in [0.05, 0.1) is 7.11 Å². The van der Waals surface area contributed by atoms with Gasteiger partial charge in [-0.1, -0.05) is 36.4 Å². The van der Waals surface area contributed by atoms with Gasteiger partial charge in [0.2, 0.25) is 0 Å². The minimum absolute atomic E-state index is 0.00276. The number of benzene rings is 2. The lowest BCUT2D eigenvalue weighted by Gasteiger charge is -2.28. The van der Waals surface area contributed by atoms with E-state index in [2.05, 4.69) is 0 Å². The molecule has 4 nitrogen and oxygen atoms in total. The Kier molecular flexibility index (Phi) is 5.04. The van der Waals surface area contributed by atoms with Crippen molar-refractivity contribution in [2.24, 2.45) is 0 Å². The lowest BCUT2D eigenvalue weighted by molar-refractivity contribution is 0.0683. The molecule has 0 fully saturated rings. The minimum atomic E-state index is -0.242. The molecule has 2 aromatic rings. The minimum Gasteiger partial charge on any atom is -0.507 e. The topological polar surface area (TPSA) is 49.8 Å². The molecule has 4 heteroatoms. The molecule has 0 aliphatic rings. The van der Waals surface area contributed by atoms with Crippen LogP contribution in [0.2, 0.25) is 0 Å². The number of phenols is 1. The summed E-state index contributed by atoms with van der Waals surface area (Å²) >= 11 is 0. The summed E-state index contributed by atoms with van der Waals surface area (Å²) in [6, 6.07) is 14.6. The van der Waals surface area contributed by atoms with Crippen LogP contribution in [0.4, 0.5) is 0 Å². The Morgan fingerprint density at radius 1 is 1.14 bits per heavy atom. The summed E-state index contributed by atoms with van der Waals surface area (Å²) in [6.45, 7) is 4.38. The monoisotopic (exact) mass is 299 g/mol. The number of hydrogen-bond acceptors (Lipinski definition) is 3. The van der Waals surface area contributed by atoms with E-state index in [1.807, 2.05) is 44.2 Å². The zero-order chi connectivity index (χ0) is 16.1. The van der Waals surface area contributed by atoms with Crippen molar-refractivity contribution < 1.29 is 14.6 Å². The standard InChI is InChI=1S/C18H21NO3/c1-13(2)19(12-14-8-5-4-6-9-14)18(21)17-15(20)10-7-11-16(17)22-3/h4-11,13,20H,12H2,1-3H3. The number of phenolic OH excluding ortho intramolecular Hbond substituents is 1. The number of aromatic hydroxyl groups is 1. The van der Waals surface area contributed by atoms with Crippen LogP contribution in [-0.2, 0) is 6.54 Å². The number of hydrogen-bond donors (Lipinski definition) is 1. The second-order valence-electron chi connectivity index (χ2n) is 5.37. The highest BCUT2D eigenvalue weighted by Crippen LogP contribution is 2.29. The molecular weight excluding hydrogens is 278 g/mol. The van der Waals surface area contributed by atoms with E-state index in [4.69, 9.17) is 4.74 Å². The number of carbonyl (C=O) groups excluding carboxylic acids is 1. The molecule has 1 amide bonds. The molecule has 0 aliphatic heterocycles. The molecule has 0 saturated carbocycles. The van der Waals surface area contributed by atoms with Gasteiger partial charge in [0.15, 0.2) is 0 Å². The van der Waals surface area contributed by atoms with Crippen molar-refractivity contribution in [3.63, 3.8) is 0 Å². The van der Waals surface area contributed by atoms with Crippen LogP contribution < -0.4 is 4.74 Å². The third-order valence-corrected chi connectivity index (χ3v) is 3.52. The molecule has 0 unspecified atom stereocenters. The van der Waals surface area contributed by atoms with Crippen molar-refractivity contribution in [1.82, 2.24) is 4.90 Å². The van der Waals surface area contributed by atoms with Gasteiger partial charge >= 0.3 is 0 Å². The lowest BCUT2D eigenvalue weighted by Crippen LogP contribution is -2.36. The van der Waals surface area contributed by atoms with Gasteiger partial charge in [-0.25, -0.2) is 0 Å². The van der Waals surface area contributed by atoms with E-state index in [0.29, 0.717) is 12.3 Å². The molecule has 2 rings (SSSR count). The molecule has 0 spiro atoms. The molecule has 0 saturated heterocycles. The Labute approximate surface area is 131 Å². The van der Waals surface area contributed by atoms with Crippen LogP contribution in [0.3, 0.4) is 0 Å². The zero-order valence-electron chi connectivity index (χ0n) is 13.1. The molecule has 0 atom stereocenters. The normalized spacial score (nSPS) is 10.5. The van der Waals surface area contributed by atoms with Gasteiger partial charge < -0.3 is 14.7 Å². The Bertz CT molecular complexity index is 638. The van der Waals surface area contributed by atoms with E-state index >= 15 is 0 Å². The van der Waals surface area contributed by atoms with Gasteiger partial charge in [-0.05, 0) is 31.5 Å². The van der Waals surface area contributed by atoms with Gasteiger partial charge in [0.1, 0.15) is 17.1 Å². The van der Waals surface area contributed by atoms with Crippen molar-refractivity contribution >= 4 is 5.91 Å². The SMILES string of the molecule is COc1cccc(O)c1C(=O)N(Cc1ccccc1)C(C)C. The molecule has 0 aliphatic carbocycles. The molecule has 0 bridgehead atoms. The molecule has 0 heterocycles. The second-order valence-corrected chi connectivity index (χ2v) is 5.37. The first-order valence-corrected chi connectivity index (χ1v) is 7.25. The molecule has 22 heavy (non-hydrogen) atoms. The Hall–Kier alpha value is -2.49. The van der Waals surface area contributed by atoms with Crippen LogP contribution in [-0.4, -0.2) is 29.1 Å². The van der Waals surface area contributed by atoms with Crippen molar-refractivity contribution in [2.45, 2.75) is 26.4 Å². The van der Waals surface area contributed by atoms with Crippen LogP contribution in [0.15, 0.2) is 48.5 Å². The first kappa shape index (κ1) is 15.9. The number of methoxy groups -OCH3 is 1. The maximum Gasteiger partial charge on any atom is 0.261 e. The summed E-state index contributed by atoms with van der Waals surface area (Å²) in [4.78, 5) is 14.6. The first-order valence-electron chi connectivity index (χ1n) is 7.25. The Balaban J connectivity index is 2.35. The van der Waals surface area contributed by atoms with Gasteiger partial charge in [-0.3, -0.25) is 4.79 Å². The maximum atomic E-state index is 12.9. The van der Waals surface area contributed by atoms with Crippen molar-refractivity contribution in [2.75, 3.05) is 7.11 Å². The van der Waals surface area contributed by atoms with Crippen LogP contribution in [0.25, 0.3) is 0 Å². The predicted molar refractivity (Wildman–Crippen MR) is 86.1 cm³/mol. The highest BCUT2D eigenvalue weighted by molar-refractivity contribution is 5.99. The van der Waals surface area contributed by atoms with Crippen molar-refractivity contribution in [3.8, 4) is 11.5 Å². The smallest absolute Gasteiger partial charge is 0.261 e. The molecule has 0 aromatic heterocycles. The highest BCUT2D eigenvalue weighted by Gasteiger charge is 2.25. The average Bonchev–Trinajstić information content (AvgIpc) is 2.52. The van der Waals surface area contributed by atoms with Crippen molar-refractivity contribution in [3.05, 3.63) is 59.7 Å². The Morgan fingerprint density at radius 3 is 2.41 bits per heavy atom. The zero-order valence-corrected chi connectivity index (χ0v) is 13.1. The quantitative estimate of drug-likeness (QED) is 0.920.